The van der Waals surface area contributed by atoms with E-state index in [9.17, 15) is 4.39 Å². The van der Waals surface area contributed by atoms with E-state index in [4.69, 9.17) is 0 Å². The smallest absolute Gasteiger partial charge is 0.165 e. The van der Waals surface area contributed by atoms with Gasteiger partial charge < -0.3 is 10.2 Å². The third-order valence-electron chi connectivity index (χ3n) is 4.03. The molecule has 0 amide bonds. The molecule has 5 nitrogen and oxygen atoms in total. The Morgan fingerprint density at radius 3 is 2.74 bits per heavy atom. The van der Waals surface area contributed by atoms with Crippen molar-refractivity contribution in [3.05, 3.63) is 47.1 Å². The molecule has 0 unspecified atom stereocenters. The van der Waals surface area contributed by atoms with E-state index < -0.39 is 0 Å². The maximum absolute atomic E-state index is 14.7. The molecule has 0 spiro atoms. The van der Waals surface area contributed by atoms with Gasteiger partial charge in [-0.25, -0.2) is 14.4 Å². The number of hydrogen-bond donors (Lipinski definition) is 1. The molecule has 0 aliphatic carbocycles. The predicted molar refractivity (Wildman–Crippen MR) is 91.6 cm³/mol. The van der Waals surface area contributed by atoms with E-state index in [1.165, 1.54) is 0 Å². The van der Waals surface area contributed by atoms with Crippen molar-refractivity contribution in [3.63, 3.8) is 0 Å². The molecular formula is C16H15BrFN5. The van der Waals surface area contributed by atoms with Crippen molar-refractivity contribution in [2.45, 2.75) is 0 Å². The van der Waals surface area contributed by atoms with Crippen LogP contribution in [0.25, 0.3) is 16.9 Å². The van der Waals surface area contributed by atoms with Crippen LogP contribution in [0.2, 0.25) is 0 Å². The number of rotatable bonds is 2. The summed E-state index contributed by atoms with van der Waals surface area (Å²) in [4.78, 5) is 10.9. The first-order chi connectivity index (χ1) is 11.2. The van der Waals surface area contributed by atoms with Crippen molar-refractivity contribution < 1.29 is 4.39 Å². The third-order valence-corrected chi connectivity index (χ3v) is 4.48. The topological polar surface area (TPSA) is 46.0 Å². The average molecular weight is 376 g/mol. The van der Waals surface area contributed by atoms with E-state index in [1.54, 1.807) is 23.0 Å². The normalized spacial score (nSPS) is 15.3. The lowest BCUT2D eigenvalue weighted by Crippen LogP contribution is -2.43. The number of pyridine rings is 1. The highest BCUT2D eigenvalue weighted by molar-refractivity contribution is 9.10. The second kappa shape index (κ2) is 5.90. The Hall–Kier alpha value is -1.99. The zero-order valence-corrected chi connectivity index (χ0v) is 13.9. The van der Waals surface area contributed by atoms with Gasteiger partial charge in [0.15, 0.2) is 5.65 Å². The van der Waals surface area contributed by atoms with Crippen LogP contribution in [-0.2, 0) is 0 Å². The standard InChI is InChI=1S/C16H15BrFN5/c17-15-4-2-13-16(21-15)23(10-20-13)14-3-1-11(9-12(14)18)22-7-5-19-6-8-22/h1-4,9-10,19H,5-8H2. The van der Waals surface area contributed by atoms with E-state index >= 15 is 0 Å². The molecule has 0 saturated carbocycles. The number of halogens is 2. The van der Waals surface area contributed by atoms with E-state index in [1.807, 2.05) is 18.2 Å². The predicted octanol–water partition coefficient (Wildman–Crippen LogP) is 2.73. The highest BCUT2D eigenvalue weighted by atomic mass is 79.9. The molecule has 1 aliphatic heterocycles. The number of benzene rings is 1. The minimum atomic E-state index is -0.276. The zero-order valence-electron chi connectivity index (χ0n) is 12.3. The molecule has 0 atom stereocenters. The molecule has 7 heteroatoms. The van der Waals surface area contributed by atoms with Crippen LogP contribution in [0.3, 0.4) is 0 Å². The summed E-state index contributed by atoms with van der Waals surface area (Å²) in [5.41, 5.74) is 2.73. The molecule has 1 N–H and O–H groups in total. The van der Waals surface area contributed by atoms with Crippen molar-refractivity contribution in [1.29, 1.82) is 0 Å². The molecule has 1 saturated heterocycles. The lowest BCUT2D eigenvalue weighted by atomic mass is 10.2. The number of hydrogen-bond acceptors (Lipinski definition) is 4. The molecule has 3 aromatic rings. The van der Waals surface area contributed by atoms with Gasteiger partial charge in [-0.1, -0.05) is 0 Å². The minimum absolute atomic E-state index is 0.276. The molecular weight excluding hydrogens is 361 g/mol. The number of nitrogens with one attached hydrogen (secondary N) is 1. The quantitative estimate of drug-likeness (QED) is 0.699. The molecule has 4 rings (SSSR count). The lowest BCUT2D eigenvalue weighted by Gasteiger charge is -2.29. The van der Waals surface area contributed by atoms with E-state index in [0.29, 0.717) is 15.9 Å². The first kappa shape index (κ1) is 14.6. The van der Waals surface area contributed by atoms with E-state index in [0.717, 1.165) is 37.4 Å². The molecule has 1 aromatic carbocycles. The number of anilines is 1. The summed E-state index contributed by atoms with van der Waals surface area (Å²) in [6.07, 6.45) is 1.60. The Bertz CT molecular complexity index is 857. The highest BCUT2D eigenvalue weighted by Gasteiger charge is 2.15. The van der Waals surface area contributed by atoms with Crippen molar-refractivity contribution in [2.75, 3.05) is 31.1 Å². The first-order valence-corrected chi connectivity index (χ1v) is 8.27. The fourth-order valence-electron chi connectivity index (χ4n) is 2.86. The van der Waals surface area contributed by atoms with Crippen LogP contribution in [-0.4, -0.2) is 40.7 Å². The van der Waals surface area contributed by atoms with Gasteiger partial charge in [0.1, 0.15) is 22.3 Å². The summed E-state index contributed by atoms with van der Waals surface area (Å²) in [6, 6.07) is 9.01. The molecule has 118 valence electrons. The summed E-state index contributed by atoms with van der Waals surface area (Å²) in [6.45, 7) is 3.63. The van der Waals surface area contributed by atoms with Crippen molar-refractivity contribution in [1.82, 2.24) is 19.9 Å². The number of aromatic nitrogens is 3. The van der Waals surface area contributed by atoms with Crippen LogP contribution in [0, 0.1) is 5.82 Å². The summed E-state index contributed by atoms with van der Waals surface area (Å²) < 4.78 is 17.0. The fourth-order valence-corrected chi connectivity index (χ4v) is 3.16. The average Bonchev–Trinajstić information content (AvgIpc) is 2.98. The Labute approximate surface area is 141 Å². The molecule has 0 radical (unpaired) electrons. The fraction of sp³-hybridized carbons (Fsp3) is 0.250. The molecule has 1 aliphatic rings. The molecule has 23 heavy (non-hydrogen) atoms. The number of nitrogens with zero attached hydrogens (tertiary/aromatic N) is 4. The van der Waals surface area contributed by atoms with Gasteiger partial charge in [-0.2, -0.15) is 0 Å². The summed E-state index contributed by atoms with van der Waals surface area (Å²) >= 11 is 3.35. The molecule has 1 fully saturated rings. The zero-order chi connectivity index (χ0) is 15.8. The number of imidazole rings is 1. The van der Waals surface area contributed by atoms with Gasteiger partial charge in [-0.3, -0.25) is 4.57 Å². The SMILES string of the molecule is Fc1cc(N2CCNCC2)ccc1-n1cnc2ccc(Br)nc21. The van der Waals surface area contributed by atoms with Crippen molar-refractivity contribution in [3.8, 4) is 5.69 Å². The van der Waals surface area contributed by atoms with Gasteiger partial charge in [0.05, 0.1) is 5.69 Å². The monoisotopic (exact) mass is 375 g/mol. The van der Waals surface area contributed by atoms with E-state index in [-0.39, 0.29) is 5.82 Å². The Morgan fingerprint density at radius 2 is 1.96 bits per heavy atom. The van der Waals surface area contributed by atoms with Gasteiger partial charge in [0.25, 0.3) is 0 Å². The third kappa shape index (κ3) is 2.70. The molecule has 2 aromatic heterocycles. The van der Waals surface area contributed by atoms with Crippen LogP contribution >= 0.6 is 15.9 Å². The summed E-state index contributed by atoms with van der Waals surface area (Å²) in [5, 5.41) is 3.30. The maximum atomic E-state index is 14.7. The minimum Gasteiger partial charge on any atom is -0.369 e. The number of fused-ring (bicyclic) bond motifs is 1. The van der Waals surface area contributed by atoms with Crippen molar-refractivity contribution >= 4 is 32.8 Å². The highest BCUT2D eigenvalue weighted by Crippen LogP contribution is 2.25. The Balaban J connectivity index is 1.75. The maximum Gasteiger partial charge on any atom is 0.165 e. The largest absolute Gasteiger partial charge is 0.369 e. The van der Waals surface area contributed by atoms with Gasteiger partial charge in [-0.05, 0) is 46.3 Å². The Morgan fingerprint density at radius 1 is 1.13 bits per heavy atom. The first-order valence-electron chi connectivity index (χ1n) is 7.47. The van der Waals surface area contributed by atoms with Gasteiger partial charge in [0, 0.05) is 31.9 Å². The second-order valence-corrected chi connectivity index (χ2v) is 6.28. The van der Waals surface area contributed by atoms with E-state index in [2.05, 4.69) is 36.1 Å². The van der Waals surface area contributed by atoms with Crippen LogP contribution in [0.15, 0.2) is 41.3 Å². The Kier molecular flexibility index (Phi) is 3.74. The molecule has 3 heterocycles. The second-order valence-electron chi connectivity index (χ2n) is 5.46. The van der Waals surface area contributed by atoms with Gasteiger partial charge in [0.2, 0.25) is 0 Å². The lowest BCUT2D eigenvalue weighted by molar-refractivity contribution is 0.583. The van der Waals surface area contributed by atoms with Crippen LogP contribution < -0.4 is 10.2 Å². The van der Waals surface area contributed by atoms with Gasteiger partial charge in [-0.15, -0.1) is 0 Å². The van der Waals surface area contributed by atoms with Crippen LogP contribution in [0.1, 0.15) is 0 Å². The van der Waals surface area contributed by atoms with Gasteiger partial charge >= 0.3 is 0 Å². The van der Waals surface area contributed by atoms with Crippen LogP contribution in [0.4, 0.5) is 10.1 Å². The van der Waals surface area contributed by atoms with Crippen LogP contribution in [0.5, 0.6) is 0 Å². The molecule has 0 bridgehead atoms. The summed E-state index contributed by atoms with van der Waals surface area (Å²) in [5.74, 6) is -0.276. The summed E-state index contributed by atoms with van der Waals surface area (Å²) in [7, 11) is 0. The van der Waals surface area contributed by atoms with Crippen molar-refractivity contribution in [2.24, 2.45) is 0 Å². The number of piperazine rings is 1.